The molecule has 6 heteroatoms. The molecule has 0 amide bonds. The van der Waals surface area contributed by atoms with Crippen LogP contribution in [0.1, 0.15) is 25.7 Å². The van der Waals surface area contributed by atoms with Crippen molar-refractivity contribution in [3.63, 3.8) is 0 Å². The topological polar surface area (TPSA) is 63.3 Å². The van der Waals surface area contributed by atoms with E-state index in [-0.39, 0.29) is 5.92 Å². The molecule has 1 aliphatic rings. The lowest BCUT2D eigenvalue weighted by Gasteiger charge is -2.26. The lowest BCUT2D eigenvalue weighted by atomic mass is 9.86. The highest BCUT2D eigenvalue weighted by Crippen LogP contribution is 2.38. The first-order valence-electron chi connectivity index (χ1n) is 6.53. The zero-order chi connectivity index (χ0) is 14.8. The maximum Gasteiger partial charge on any atom is 0.323 e. The number of aliphatic carboxylic acids is 1. The fourth-order valence-corrected chi connectivity index (χ4v) is 4.24. The first-order valence-corrected chi connectivity index (χ1v) is 8.28. The third-order valence-electron chi connectivity index (χ3n) is 3.89. The van der Waals surface area contributed by atoms with Gasteiger partial charge in [0.15, 0.2) is 0 Å². The molecule has 3 nitrogen and oxygen atoms in total. The van der Waals surface area contributed by atoms with E-state index in [2.05, 4.69) is 0 Å². The number of nitrogens with two attached hydrogens (primary N) is 1. The van der Waals surface area contributed by atoms with E-state index < -0.39 is 11.5 Å². The summed E-state index contributed by atoms with van der Waals surface area (Å²) in [6.45, 7) is 0. The molecule has 0 saturated heterocycles. The number of carboxylic acids is 1. The van der Waals surface area contributed by atoms with Crippen molar-refractivity contribution < 1.29 is 9.90 Å². The highest BCUT2D eigenvalue weighted by atomic mass is 35.5. The molecule has 0 spiro atoms. The number of rotatable bonds is 5. The number of hydrogen-bond donors (Lipinski definition) is 2. The summed E-state index contributed by atoms with van der Waals surface area (Å²) in [7, 11) is 0. The largest absolute Gasteiger partial charge is 0.480 e. The first-order chi connectivity index (χ1) is 9.43. The predicted octanol–water partition coefficient (Wildman–Crippen LogP) is 4.06. The molecule has 0 aromatic heterocycles. The summed E-state index contributed by atoms with van der Waals surface area (Å²) in [5, 5.41) is 10.6. The van der Waals surface area contributed by atoms with E-state index in [4.69, 9.17) is 28.9 Å². The fraction of sp³-hybridized carbons (Fsp3) is 0.500. The molecule has 110 valence electrons. The van der Waals surface area contributed by atoms with Crippen LogP contribution >= 0.6 is 35.0 Å². The molecule has 0 bridgehead atoms. The second kappa shape index (κ2) is 6.56. The van der Waals surface area contributed by atoms with Crippen LogP contribution in [0.3, 0.4) is 0 Å². The van der Waals surface area contributed by atoms with Gasteiger partial charge in [0.25, 0.3) is 0 Å². The summed E-state index contributed by atoms with van der Waals surface area (Å²) in [5.41, 5.74) is 4.97. The van der Waals surface area contributed by atoms with Crippen LogP contribution in [0, 0.1) is 5.92 Å². The van der Waals surface area contributed by atoms with Crippen LogP contribution in [0.5, 0.6) is 0 Å². The molecule has 1 fully saturated rings. The number of carbonyl (C=O) groups is 1. The number of halogens is 2. The molecule has 0 heterocycles. The van der Waals surface area contributed by atoms with Gasteiger partial charge in [-0.15, -0.1) is 11.8 Å². The Morgan fingerprint density at radius 2 is 2.25 bits per heavy atom. The monoisotopic (exact) mass is 333 g/mol. The summed E-state index contributed by atoms with van der Waals surface area (Å²) in [5.74, 6) is -0.0620. The van der Waals surface area contributed by atoms with Crippen molar-refractivity contribution in [2.75, 3.05) is 5.75 Å². The molecule has 2 unspecified atom stereocenters. The molecule has 1 aromatic rings. The van der Waals surface area contributed by atoms with Gasteiger partial charge in [-0.25, -0.2) is 0 Å². The Balaban J connectivity index is 1.93. The molecule has 0 radical (unpaired) electrons. The maximum atomic E-state index is 11.3. The number of carboxylic acid groups (broad SMARTS) is 1. The van der Waals surface area contributed by atoms with Gasteiger partial charge in [-0.1, -0.05) is 29.6 Å². The predicted molar refractivity (Wildman–Crippen MR) is 83.7 cm³/mol. The summed E-state index contributed by atoms with van der Waals surface area (Å²) in [6.07, 6.45) is 3.11. The zero-order valence-corrected chi connectivity index (χ0v) is 13.3. The van der Waals surface area contributed by atoms with Gasteiger partial charge in [0.05, 0.1) is 5.02 Å². The fourth-order valence-electron chi connectivity index (χ4n) is 2.69. The van der Waals surface area contributed by atoms with E-state index in [0.29, 0.717) is 16.5 Å². The Morgan fingerprint density at radius 3 is 2.95 bits per heavy atom. The van der Waals surface area contributed by atoms with Gasteiger partial charge >= 0.3 is 5.97 Å². The van der Waals surface area contributed by atoms with Gasteiger partial charge in [-0.05, 0) is 49.1 Å². The van der Waals surface area contributed by atoms with E-state index in [1.165, 1.54) is 0 Å². The van der Waals surface area contributed by atoms with Gasteiger partial charge < -0.3 is 10.8 Å². The molecular weight excluding hydrogens is 317 g/mol. The lowest BCUT2D eigenvalue weighted by molar-refractivity contribution is -0.144. The van der Waals surface area contributed by atoms with Crippen molar-refractivity contribution in [3.8, 4) is 0 Å². The molecule has 20 heavy (non-hydrogen) atoms. The highest BCUT2D eigenvalue weighted by molar-refractivity contribution is 7.99. The molecule has 1 aliphatic carbocycles. The minimum Gasteiger partial charge on any atom is -0.480 e. The van der Waals surface area contributed by atoms with E-state index in [1.54, 1.807) is 23.9 Å². The molecule has 0 aliphatic heterocycles. The third kappa shape index (κ3) is 3.42. The number of hydrogen-bond acceptors (Lipinski definition) is 3. The quantitative estimate of drug-likeness (QED) is 0.797. The molecule has 1 saturated carbocycles. The van der Waals surface area contributed by atoms with Crippen LogP contribution in [0.15, 0.2) is 23.1 Å². The Bertz CT molecular complexity index is 512. The van der Waals surface area contributed by atoms with Gasteiger partial charge in [-0.3, -0.25) is 4.79 Å². The van der Waals surface area contributed by atoms with Crippen LogP contribution in [0.2, 0.25) is 10.0 Å². The third-order valence-corrected chi connectivity index (χ3v) is 5.65. The zero-order valence-electron chi connectivity index (χ0n) is 10.9. The lowest BCUT2D eigenvalue weighted by Crippen LogP contribution is -2.51. The Hall–Kier alpha value is -0.420. The smallest absolute Gasteiger partial charge is 0.323 e. The summed E-state index contributed by atoms with van der Waals surface area (Å²) in [4.78, 5) is 12.2. The van der Waals surface area contributed by atoms with Crippen molar-refractivity contribution >= 4 is 40.9 Å². The van der Waals surface area contributed by atoms with Gasteiger partial charge in [0.1, 0.15) is 5.54 Å². The van der Waals surface area contributed by atoms with Crippen molar-refractivity contribution in [2.24, 2.45) is 11.7 Å². The van der Waals surface area contributed by atoms with E-state index in [0.717, 1.165) is 29.9 Å². The maximum absolute atomic E-state index is 11.3. The summed E-state index contributed by atoms with van der Waals surface area (Å²) < 4.78 is 0. The van der Waals surface area contributed by atoms with Crippen LogP contribution in [0.4, 0.5) is 0 Å². The number of benzene rings is 1. The van der Waals surface area contributed by atoms with Crippen molar-refractivity contribution in [1.82, 2.24) is 0 Å². The summed E-state index contributed by atoms with van der Waals surface area (Å²) >= 11 is 13.6. The Labute approximate surface area is 132 Å². The van der Waals surface area contributed by atoms with Gasteiger partial charge in [0, 0.05) is 9.92 Å². The van der Waals surface area contributed by atoms with Crippen LogP contribution < -0.4 is 5.73 Å². The van der Waals surface area contributed by atoms with Crippen molar-refractivity contribution in [2.45, 2.75) is 36.1 Å². The molecule has 1 aromatic carbocycles. The molecular formula is C14H17Cl2NO2S. The highest BCUT2D eigenvalue weighted by Gasteiger charge is 2.45. The summed E-state index contributed by atoms with van der Waals surface area (Å²) in [6, 6.07) is 5.35. The normalized spacial score (nSPS) is 25.9. The minimum atomic E-state index is -1.06. The van der Waals surface area contributed by atoms with E-state index in [1.807, 2.05) is 6.07 Å². The van der Waals surface area contributed by atoms with Crippen molar-refractivity contribution in [3.05, 3.63) is 28.2 Å². The second-order valence-corrected chi connectivity index (χ2v) is 7.13. The van der Waals surface area contributed by atoms with E-state index >= 15 is 0 Å². The first kappa shape index (κ1) is 16.0. The van der Waals surface area contributed by atoms with Gasteiger partial charge in [0.2, 0.25) is 0 Å². The van der Waals surface area contributed by atoms with Crippen LogP contribution in [-0.2, 0) is 4.79 Å². The molecule has 2 atom stereocenters. The molecule has 3 N–H and O–H groups in total. The average Bonchev–Trinajstić information content (AvgIpc) is 2.77. The number of thioether (sulfide) groups is 1. The second-order valence-electron chi connectivity index (χ2n) is 5.15. The average molecular weight is 334 g/mol. The Morgan fingerprint density at radius 1 is 1.50 bits per heavy atom. The van der Waals surface area contributed by atoms with Crippen molar-refractivity contribution in [1.29, 1.82) is 0 Å². The standard InChI is InChI=1S/C14H17Cl2NO2S/c15-10-3-4-11(16)12(8-10)20-7-5-9-2-1-6-14(9,17)13(18)19/h3-4,8-9H,1-2,5-7,17H2,(H,18,19). The van der Waals surface area contributed by atoms with Crippen LogP contribution in [0.25, 0.3) is 0 Å². The Kier molecular flexibility index (Phi) is 5.24. The molecule has 2 rings (SSSR count). The van der Waals surface area contributed by atoms with Crippen LogP contribution in [-0.4, -0.2) is 22.4 Å². The van der Waals surface area contributed by atoms with E-state index in [9.17, 15) is 9.90 Å². The SMILES string of the molecule is NC1(C(=O)O)CCCC1CCSc1cc(Cl)ccc1Cl. The minimum absolute atomic E-state index is 0.0328. The van der Waals surface area contributed by atoms with Gasteiger partial charge in [-0.2, -0.15) is 0 Å².